The Labute approximate surface area is 102 Å². The highest BCUT2D eigenvalue weighted by atomic mass is 19.1. The molecule has 0 aliphatic heterocycles. The van der Waals surface area contributed by atoms with Crippen LogP contribution in [0.2, 0.25) is 0 Å². The summed E-state index contributed by atoms with van der Waals surface area (Å²) in [6.07, 6.45) is 6.95. The molecule has 1 nitrogen and oxygen atoms in total. The van der Waals surface area contributed by atoms with Gasteiger partial charge >= 0.3 is 0 Å². The molecule has 1 aliphatic carbocycles. The molecule has 1 aromatic rings. The average molecular weight is 234 g/mol. The number of hydrogen-bond acceptors (Lipinski definition) is 1. The van der Waals surface area contributed by atoms with Gasteiger partial charge in [-0.05, 0) is 55.4 Å². The minimum absolute atomic E-state index is 0.286. The maximum Gasteiger partial charge on any atom is 0.123 e. The van der Waals surface area contributed by atoms with Crippen molar-refractivity contribution in [2.45, 2.75) is 44.6 Å². The highest BCUT2D eigenvalue weighted by molar-refractivity contribution is 5.33. The molecule has 0 radical (unpaired) electrons. The molecule has 0 bridgehead atoms. The molecule has 0 saturated carbocycles. The molecule has 0 fully saturated rings. The van der Waals surface area contributed by atoms with E-state index in [1.165, 1.54) is 18.6 Å². The Hall–Kier alpha value is -1.15. The molecule has 2 heteroatoms. The first-order valence-electron chi connectivity index (χ1n) is 6.35. The third-order valence-electron chi connectivity index (χ3n) is 3.64. The summed E-state index contributed by atoms with van der Waals surface area (Å²) in [4.78, 5) is 0. The summed E-state index contributed by atoms with van der Waals surface area (Å²) in [5.41, 5.74) is 0.743. The lowest BCUT2D eigenvalue weighted by Gasteiger charge is -2.32. The normalized spacial score (nSPS) is 19.6. The molecule has 1 unspecified atom stereocenters. The van der Waals surface area contributed by atoms with Crippen LogP contribution >= 0.6 is 0 Å². The van der Waals surface area contributed by atoms with Crippen molar-refractivity contribution in [3.8, 4) is 0 Å². The minimum atomic E-state index is -0.984. The molecule has 17 heavy (non-hydrogen) atoms. The smallest absolute Gasteiger partial charge is 0.123 e. The molecule has 0 saturated heterocycles. The van der Waals surface area contributed by atoms with Gasteiger partial charge in [0.05, 0.1) is 0 Å². The Kier molecular flexibility index (Phi) is 3.63. The lowest BCUT2D eigenvalue weighted by Crippen LogP contribution is -2.28. The molecule has 0 heterocycles. The Balaban J connectivity index is 2.39. The summed E-state index contributed by atoms with van der Waals surface area (Å²) in [7, 11) is 0. The van der Waals surface area contributed by atoms with Crippen LogP contribution in [0.5, 0.6) is 0 Å². The van der Waals surface area contributed by atoms with Crippen LogP contribution in [-0.2, 0) is 5.60 Å². The van der Waals surface area contributed by atoms with E-state index in [0.717, 1.165) is 24.8 Å². The van der Waals surface area contributed by atoms with Gasteiger partial charge in [0.25, 0.3) is 0 Å². The van der Waals surface area contributed by atoms with Crippen LogP contribution in [0.15, 0.2) is 35.9 Å². The van der Waals surface area contributed by atoms with E-state index in [4.69, 9.17) is 0 Å². The third-order valence-corrected chi connectivity index (χ3v) is 3.64. The molecule has 92 valence electrons. The van der Waals surface area contributed by atoms with Crippen LogP contribution in [0.25, 0.3) is 0 Å². The largest absolute Gasteiger partial charge is 0.381 e. The van der Waals surface area contributed by atoms with Crippen molar-refractivity contribution >= 4 is 0 Å². The van der Waals surface area contributed by atoms with Gasteiger partial charge in [-0.1, -0.05) is 25.1 Å². The predicted octanol–water partition coefficient (Wildman–Crippen LogP) is 3.92. The van der Waals surface area contributed by atoms with Crippen molar-refractivity contribution in [1.82, 2.24) is 0 Å². The zero-order valence-electron chi connectivity index (χ0n) is 10.2. The number of halogens is 1. The van der Waals surface area contributed by atoms with Crippen molar-refractivity contribution in [3.63, 3.8) is 0 Å². The average Bonchev–Trinajstić information content (AvgIpc) is 2.39. The van der Waals surface area contributed by atoms with Crippen LogP contribution in [-0.4, -0.2) is 5.11 Å². The zero-order chi connectivity index (χ0) is 12.3. The molecule has 1 aromatic carbocycles. The topological polar surface area (TPSA) is 20.2 Å². The third kappa shape index (κ3) is 2.42. The molecule has 1 N–H and O–H groups in total. The van der Waals surface area contributed by atoms with E-state index in [1.807, 2.05) is 13.0 Å². The van der Waals surface area contributed by atoms with Crippen LogP contribution in [0.1, 0.15) is 44.6 Å². The van der Waals surface area contributed by atoms with E-state index in [9.17, 15) is 9.50 Å². The molecular weight excluding hydrogens is 215 g/mol. The summed E-state index contributed by atoms with van der Waals surface area (Å²) < 4.78 is 13.3. The minimum Gasteiger partial charge on any atom is -0.381 e. The number of hydrogen-bond donors (Lipinski definition) is 1. The van der Waals surface area contributed by atoms with Gasteiger partial charge < -0.3 is 5.11 Å². The van der Waals surface area contributed by atoms with E-state index in [2.05, 4.69) is 6.08 Å². The first-order chi connectivity index (χ1) is 8.16. The Morgan fingerprint density at radius 3 is 2.76 bits per heavy atom. The Morgan fingerprint density at radius 1 is 1.35 bits per heavy atom. The Morgan fingerprint density at radius 2 is 2.18 bits per heavy atom. The summed E-state index contributed by atoms with van der Waals surface area (Å²) in [6.45, 7) is 1.94. The zero-order valence-corrected chi connectivity index (χ0v) is 10.2. The van der Waals surface area contributed by atoms with Crippen molar-refractivity contribution in [3.05, 3.63) is 47.3 Å². The lowest BCUT2D eigenvalue weighted by atomic mass is 9.79. The summed E-state index contributed by atoms with van der Waals surface area (Å²) in [6, 6.07) is 6.32. The summed E-state index contributed by atoms with van der Waals surface area (Å²) in [5.74, 6) is -0.286. The van der Waals surface area contributed by atoms with Gasteiger partial charge in [-0.3, -0.25) is 0 Å². The van der Waals surface area contributed by atoms with Gasteiger partial charge in [0.1, 0.15) is 11.4 Å². The van der Waals surface area contributed by atoms with E-state index in [0.29, 0.717) is 12.0 Å². The molecule has 0 aromatic heterocycles. The van der Waals surface area contributed by atoms with Crippen molar-refractivity contribution in [1.29, 1.82) is 0 Å². The molecule has 1 aliphatic rings. The number of aliphatic hydroxyl groups is 1. The van der Waals surface area contributed by atoms with E-state index in [1.54, 1.807) is 6.07 Å². The number of rotatable bonds is 3. The van der Waals surface area contributed by atoms with Crippen LogP contribution in [0.3, 0.4) is 0 Å². The van der Waals surface area contributed by atoms with Crippen molar-refractivity contribution in [2.75, 3.05) is 0 Å². The van der Waals surface area contributed by atoms with E-state index in [-0.39, 0.29) is 5.82 Å². The van der Waals surface area contributed by atoms with E-state index < -0.39 is 5.60 Å². The van der Waals surface area contributed by atoms with Gasteiger partial charge in [0, 0.05) is 0 Å². The van der Waals surface area contributed by atoms with Gasteiger partial charge in [0.15, 0.2) is 0 Å². The fourth-order valence-corrected chi connectivity index (χ4v) is 2.58. The summed E-state index contributed by atoms with van der Waals surface area (Å²) in [5, 5.41) is 10.8. The van der Waals surface area contributed by atoms with Gasteiger partial charge in [-0.2, -0.15) is 0 Å². The second-order valence-corrected chi connectivity index (χ2v) is 4.70. The fraction of sp³-hybridized carbons (Fsp3) is 0.467. The Bertz CT molecular complexity index is 425. The van der Waals surface area contributed by atoms with Crippen molar-refractivity contribution in [2.24, 2.45) is 0 Å². The molecule has 1 atom stereocenters. The number of allylic oxidation sites excluding steroid dienone is 1. The molecule has 0 amide bonds. The first-order valence-corrected chi connectivity index (χ1v) is 6.35. The maximum absolute atomic E-state index is 13.3. The van der Waals surface area contributed by atoms with Crippen molar-refractivity contribution < 1.29 is 9.50 Å². The summed E-state index contributed by atoms with van der Waals surface area (Å²) >= 11 is 0. The highest BCUT2D eigenvalue weighted by Crippen LogP contribution is 2.38. The second-order valence-electron chi connectivity index (χ2n) is 4.70. The molecule has 2 rings (SSSR count). The first kappa shape index (κ1) is 12.3. The van der Waals surface area contributed by atoms with Gasteiger partial charge in [0.2, 0.25) is 0 Å². The SMILES string of the molecule is CCC(O)(C1=CCCCC1)c1cccc(F)c1. The molecule has 0 spiro atoms. The van der Waals surface area contributed by atoms with Crippen LogP contribution in [0, 0.1) is 5.82 Å². The monoisotopic (exact) mass is 234 g/mol. The maximum atomic E-state index is 13.3. The highest BCUT2D eigenvalue weighted by Gasteiger charge is 2.32. The predicted molar refractivity (Wildman–Crippen MR) is 67.1 cm³/mol. The van der Waals surface area contributed by atoms with Crippen LogP contribution in [0.4, 0.5) is 4.39 Å². The fourth-order valence-electron chi connectivity index (χ4n) is 2.58. The van der Waals surface area contributed by atoms with Gasteiger partial charge in [-0.15, -0.1) is 0 Å². The second kappa shape index (κ2) is 5.01. The van der Waals surface area contributed by atoms with E-state index >= 15 is 0 Å². The quantitative estimate of drug-likeness (QED) is 0.786. The van der Waals surface area contributed by atoms with Crippen LogP contribution < -0.4 is 0 Å². The lowest BCUT2D eigenvalue weighted by molar-refractivity contribution is 0.0660. The molecular formula is C15H19FO. The standard InChI is InChI=1S/C15H19FO/c1-2-15(17,12-7-4-3-5-8-12)13-9-6-10-14(16)11-13/h6-7,9-11,17H,2-5,8H2,1H3. The van der Waals surface area contributed by atoms with Gasteiger partial charge in [-0.25, -0.2) is 4.39 Å². The number of benzene rings is 1.